The fourth-order valence-electron chi connectivity index (χ4n) is 7.22. The fourth-order valence-corrected chi connectivity index (χ4v) is 8.83. The quantitative estimate of drug-likeness (QED) is 0.0571. The second-order valence-electron chi connectivity index (χ2n) is 17.0. The van der Waals surface area contributed by atoms with Crippen LogP contribution in [0.15, 0.2) is 48.7 Å². The molecule has 2 aliphatic heterocycles. The summed E-state index contributed by atoms with van der Waals surface area (Å²) in [5, 5.41) is 24.3. The van der Waals surface area contributed by atoms with E-state index in [0.29, 0.717) is 101 Å². The summed E-state index contributed by atoms with van der Waals surface area (Å²) in [7, 11) is 0. The lowest BCUT2D eigenvalue weighted by Crippen LogP contribution is -2.43. The molecule has 5 rings (SSSR count). The van der Waals surface area contributed by atoms with Crippen molar-refractivity contribution in [2.24, 2.45) is 0 Å². The molecule has 18 nitrogen and oxygen atoms in total. The summed E-state index contributed by atoms with van der Waals surface area (Å²) in [5.41, 5.74) is 0.626. The van der Waals surface area contributed by atoms with Crippen LogP contribution >= 0.6 is 11.8 Å². The van der Waals surface area contributed by atoms with Gasteiger partial charge in [-0.1, -0.05) is 23.8 Å². The second-order valence-corrected chi connectivity index (χ2v) is 18.3. The van der Waals surface area contributed by atoms with Crippen LogP contribution in [-0.2, 0) is 39.9 Å². The molecule has 3 heterocycles. The number of benzene rings is 2. The fraction of sp³-hybridized carbons (Fsp3) is 0.609. The van der Waals surface area contributed by atoms with Crippen molar-refractivity contribution in [3.05, 3.63) is 71.6 Å². The van der Waals surface area contributed by atoms with Gasteiger partial charge in [0.1, 0.15) is 17.9 Å². The number of unbranched alkanes of at least 4 members (excludes halogenated alkanes) is 2. The maximum absolute atomic E-state index is 14.2. The first-order valence-electron chi connectivity index (χ1n) is 22.9. The Kier molecular flexibility index (Phi) is 22.7. The summed E-state index contributed by atoms with van der Waals surface area (Å²) in [6.07, 6.45) is 5.74. The molecule has 2 aliphatic rings. The monoisotopic (exact) mass is 960 g/mol. The summed E-state index contributed by atoms with van der Waals surface area (Å²) < 4.78 is 62.7. The van der Waals surface area contributed by atoms with Gasteiger partial charge in [-0.2, -0.15) is 11.8 Å². The zero-order valence-electron chi connectivity index (χ0n) is 38.7. The van der Waals surface area contributed by atoms with E-state index in [4.69, 9.17) is 28.4 Å². The number of nitrogens with one attached hydrogen (secondary N) is 5. The molecule has 21 heteroatoms. The van der Waals surface area contributed by atoms with Gasteiger partial charge in [0.15, 0.2) is 23.2 Å². The van der Waals surface area contributed by atoms with Crippen LogP contribution in [0, 0.1) is 11.6 Å². The van der Waals surface area contributed by atoms with E-state index in [1.807, 2.05) is 11.8 Å². The summed E-state index contributed by atoms with van der Waals surface area (Å²) in [6.45, 7) is 9.06. The van der Waals surface area contributed by atoms with E-state index in [0.717, 1.165) is 43.8 Å². The maximum atomic E-state index is 14.2. The van der Waals surface area contributed by atoms with Crippen molar-refractivity contribution in [2.75, 3.05) is 78.4 Å². The highest BCUT2D eigenvalue weighted by molar-refractivity contribution is 8.00. The molecule has 67 heavy (non-hydrogen) atoms. The molecule has 3 aromatic rings. The van der Waals surface area contributed by atoms with Crippen LogP contribution in [0.4, 0.5) is 13.6 Å². The maximum Gasteiger partial charge on any atom is 0.407 e. The van der Waals surface area contributed by atoms with Crippen molar-refractivity contribution in [3.63, 3.8) is 0 Å². The van der Waals surface area contributed by atoms with Gasteiger partial charge < -0.3 is 44.4 Å². The van der Waals surface area contributed by atoms with E-state index in [-0.39, 0.29) is 31.0 Å². The number of para-hydroxylation sites is 1. The molecule has 0 radical (unpaired) electrons. The Hall–Kier alpha value is -4.77. The van der Waals surface area contributed by atoms with Crippen LogP contribution in [0.25, 0.3) is 5.69 Å². The first-order chi connectivity index (χ1) is 32.4. The van der Waals surface area contributed by atoms with Crippen LogP contribution < -0.4 is 31.3 Å². The minimum atomic E-state index is -1.07. The second kappa shape index (κ2) is 28.5. The number of hydrogen-bond donors (Lipinski definition) is 5. The first-order valence-corrected chi connectivity index (χ1v) is 24.0. The smallest absolute Gasteiger partial charge is 0.407 e. The molecule has 2 fully saturated rings. The molecule has 0 spiro atoms. The predicted octanol–water partition coefficient (Wildman–Crippen LogP) is 4.23. The van der Waals surface area contributed by atoms with Gasteiger partial charge in [-0.25, -0.2) is 18.3 Å². The number of aromatic nitrogens is 3. The molecule has 0 saturated carbocycles. The number of carbonyl (C=O) groups excluding carboxylic acids is 4. The third-order valence-corrected chi connectivity index (χ3v) is 12.1. The van der Waals surface area contributed by atoms with E-state index in [9.17, 15) is 28.0 Å². The van der Waals surface area contributed by atoms with Gasteiger partial charge in [-0.05, 0) is 83.2 Å². The first kappa shape index (κ1) is 53.2. The summed E-state index contributed by atoms with van der Waals surface area (Å²) >= 11 is 2.03. The van der Waals surface area contributed by atoms with Gasteiger partial charge >= 0.3 is 6.09 Å². The van der Waals surface area contributed by atoms with E-state index in [1.54, 1.807) is 51.2 Å². The van der Waals surface area contributed by atoms with Crippen molar-refractivity contribution >= 4 is 35.5 Å². The minimum absolute atomic E-state index is 0.0602. The number of alkyl carbamates (subject to hydrolysis) is 1. The molecule has 0 aliphatic carbocycles. The van der Waals surface area contributed by atoms with Gasteiger partial charge in [0, 0.05) is 54.8 Å². The molecule has 0 unspecified atom stereocenters. The molecule has 2 aromatic carbocycles. The third kappa shape index (κ3) is 19.4. The van der Waals surface area contributed by atoms with E-state index < -0.39 is 53.4 Å². The average molecular weight is 961 g/mol. The lowest BCUT2D eigenvalue weighted by atomic mass is 10.0. The van der Waals surface area contributed by atoms with Crippen molar-refractivity contribution in [2.45, 2.75) is 101 Å². The molecule has 370 valence electrons. The number of rotatable bonds is 31. The molecule has 2 saturated heterocycles. The number of nitrogens with zero attached hydrogens (tertiary/aromatic N) is 3. The van der Waals surface area contributed by atoms with Gasteiger partial charge in [-0.15, -0.1) is 5.10 Å². The third-order valence-electron chi connectivity index (χ3n) is 10.6. The van der Waals surface area contributed by atoms with Crippen molar-refractivity contribution < 1.29 is 56.4 Å². The number of thioether (sulfide) groups is 1. The Morgan fingerprint density at radius 2 is 1.58 bits per heavy atom. The molecule has 0 bridgehead atoms. The number of halogens is 2. The Labute approximate surface area is 395 Å². The summed E-state index contributed by atoms with van der Waals surface area (Å²) in [5.74, 6) is -2.57. The molecule has 1 aromatic heterocycles. The largest absolute Gasteiger partial charge is 0.480 e. The number of carbonyl (C=O) groups is 4. The van der Waals surface area contributed by atoms with Gasteiger partial charge in [0.2, 0.25) is 5.91 Å². The zero-order valence-corrected chi connectivity index (χ0v) is 39.5. The number of hydrogen-bond acceptors (Lipinski definition) is 15. The Bertz CT molecular complexity index is 1990. The lowest BCUT2D eigenvalue weighted by Gasteiger charge is -2.20. The standard InChI is InChI=1S/C46H66F2N8O10S/c1-46(2,3)66-45(60)50-17-7-6-14-37(39(57)29-65-43-35(47)12-9-13-36(43)48)53-44(59)32-10-8-11-34(26-32)56-27-33(54-55-56)28-64-25-24-63-23-22-62-21-20-61-19-18-49-41(58)16-5-4-15-40-42-38(30-67-40)51-31-52-42/h8-13,26-27,37-38,40,42,51-52H,4-7,14-25,28-31H2,1-3H3,(H,49,58)(H,50,60)(H,53,59)/t37-,38-,40-,42-/m0/s1. The lowest BCUT2D eigenvalue weighted by molar-refractivity contribution is -0.123. The average Bonchev–Trinajstić information content (AvgIpc) is 4.06. The van der Waals surface area contributed by atoms with Gasteiger partial charge in [0.05, 0.1) is 70.8 Å². The van der Waals surface area contributed by atoms with Crippen LogP contribution in [0.2, 0.25) is 0 Å². The number of ketones is 1. The van der Waals surface area contributed by atoms with Crippen molar-refractivity contribution in [1.82, 2.24) is 41.6 Å². The van der Waals surface area contributed by atoms with E-state index >= 15 is 0 Å². The van der Waals surface area contributed by atoms with Crippen LogP contribution in [-0.4, -0.2) is 146 Å². The van der Waals surface area contributed by atoms with E-state index in [2.05, 4.69) is 36.9 Å². The Balaban J connectivity index is 0.923. The number of ether oxygens (including phenoxy) is 6. The van der Waals surface area contributed by atoms with Crippen molar-refractivity contribution in [3.8, 4) is 11.4 Å². The van der Waals surface area contributed by atoms with E-state index in [1.165, 1.54) is 10.7 Å². The highest BCUT2D eigenvalue weighted by Crippen LogP contribution is 2.32. The van der Waals surface area contributed by atoms with Crippen LogP contribution in [0.1, 0.15) is 81.8 Å². The Morgan fingerprint density at radius 1 is 0.866 bits per heavy atom. The number of Topliss-reactive ketones (excluding diaryl/α,β-unsaturated/α-hetero) is 1. The molecular formula is C46H66F2N8O10S. The van der Waals surface area contributed by atoms with Crippen LogP contribution in [0.3, 0.4) is 0 Å². The normalized spacial score (nSPS) is 17.2. The van der Waals surface area contributed by atoms with Gasteiger partial charge in [-0.3, -0.25) is 25.0 Å². The molecular weight excluding hydrogens is 895 g/mol. The molecule has 4 atom stereocenters. The SMILES string of the molecule is CC(C)(C)OC(=O)NCCCC[C@H](NC(=O)c1cccc(-n2cc(COCCOCCOCCOCCNC(=O)CCCC[C@@H]3SC[C@@H]4NCN[C@@H]43)nn2)c1)C(=O)COc1c(F)cccc1F. The summed E-state index contributed by atoms with van der Waals surface area (Å²) in [6, 6.07) is 9.81. The molecule has 5 N–H and O–H groups in total. The molecule has 3 amide bonds. The predicted molar refractivity (Wildman–Crippen MR) is 246 cm³/mol. The topological polar surface area (TPSA) is 215 Å². The van der Waals surface area contributed by atoms with Gasteiger partial charge in [0.25, 0.3) is 5.91 Å². The highest BCUT2D eigenvalue weighted by Gasteiger charge is 2.39. The zero-order chi connectivity index (χ0) is 47.9. The number of fused-ring (bicyclic) bond motifs is 1. The summed E-state index contributed by atoms with van der Waals surface area (Å²) in [4.78, 5) is 50.9. The van der Waals surface area contributed by atoms with Crippen molar-refractivity contribution in [1.29, 1.82) is 0 Å². The number of amides is 3. The Morgan fingerprint density at radius 3 is 2.33 bits per heavy atom. The minimum Gasteiger partial charge on any atom is -0.480 e. The highest BCUT2D eigenvalue weighted by atomic mass is 32.2. The van der Waals surface area contributed by atoms with Crippen LogP contribution in [0.5, 0.6) is 5.75 Å².